The predicted octanol–water partition coefficient (Wildman–Crippen LogP) is 1.34. The number of rotatable bonds is 1. The predicted molar refractivity (Wildman–Crippen MR) is 45.4 cm³/mol. The molecule has 1 aliphatic rings. The third kappa shape index (κ3) is 1.05. The summed E-state index contributed by atoms with van der Waals surface area (Å²) < 4.78 is 0. The highest BCUT2D eigenvalue weighted by Crippen LogP contribution is 2.22. The standard InChI is InChI=1S/C9H10N2/c1-2-9-10-7-5-3-4-6-8(7)11-9/h3-6H,2H2,1H3,(H,10,11)/p+1. The van der Waals surface area contributed by atoms with E-state index >= 15 is 0 Å². The van der Waals surface area contributed by atoms with E-state index in [0.717, 1.165) is 12.1 Å². The number of aliphatic imine (C=N–C) groups is 1. The first-order chi connectivity index (χ1) is 5.40. The van der Waals surface area contributed by atoms with Gasteiger partial charge in [0.2, 0.25) is 5.84 Å². The van der Waals surface area contributed by atoms with Gasteiger partial charge >= 0.3 is 0 Å². The SMILES string of the molecule is CCC1=Nc2ccccc2[NH2+]1. The highest BCUT2D eigenvalue weighted by Gasteiger charge is 2.15. The van der Waals surface area contributed by atoms with Gasteiger partial charge in [0.25, 0.3) is 0 Å². The Hall–Kier alpha value is -1.15. The lowest BCUT2D eigenvalue weighted by Crippen LogP contribution is -2.80. The van der Waals surface area contributed by atoms with Gasteiger partial charge in [0.1, 0.15) is 5.69 Å². The van der Waals surface area contributed by atoms with Gasteiger partial charge in [-0.2, -0.15) is 4.99 Å². The average Bonchev–Trinajstić information content (AvgIpc) is 2.46. The molecule has 11 heavy (non-hydrogen) atoms. The maximum absolute atomic E-state index is 4.43. The summed E-state index contributed by atoms with van der Waals surface area (Å²) in [5.74, 6) is 1.19. The van der Waals surface area contributed by atoms with Gasteiger partial charge in [0, 0.05) is 12.5 Å². The van der Waals surface area contributed by atoms with Crippen LogP contribution in [0.1, 0.15) is 13.3 Å². The quantitative estimate of drug-likeness (QED) is 0.581. The van der Waals surface area contributed by atoms with Crippen LogP contribution in [0.5, 0.6) is 0 Å². The molecule has 56 valence electrons. The Balaban J connectivity index is 2.39. The van der Waals surface area contributed by atoms with E-state index in [4.69, 9.17) is 0 Å². The molecular formula is C9H11N2+. The second-order valence-electron chi connectivity index (χ2n) is 2.66. The highest BCUT2D eigenvalue weighted by molar-refractivity contribution is 5.84. The fraction of sp³-hybridized carbons (Fsp3) is 0.222. The molecule has 0 amide bonds. The maximum atomic E-state index is 4.43. The molecule has 1 aromatic carbocycles. The van der Waals surface area contributed by atoms with Crippen molar-refractivity contribution >= 4 is 17.2 Å². The second-order valence-corrected chi connectivity index (χ2v) is 2.66. The third-order valence-electron chi connectivity index (χ3n) is 1.89. The Morgan fingerprint density at radius 3 is 2.91 bits per heavy atom. The molecule has 2 rings (SSSR count). The van der Waals surface area contributed by atoms with Crippen molar-refractivity contribution in [1.29, 1.82) is 0 Å². The Labute approximate surface area is 66.0 Å². The summed E-state index contributed by atoms with van der Waals surface area (Å²) in [7, 11) is 0. The maximum Gasteiger partial charge on any atom is 0.205 e. The van der Waals surface area contributed by atoms with Crippen molar-refractivity contribution in [2.24, 2.45) is 4.99 Å². The number of para-hydroxylation sites is 2. The first-order valence-corrected chi connectivity index (χ1v) is 3.91. The smallest absolute Gasteiger partial charge is 0.205 e. The third-order valence-corrected chi connectivity index (χ3v) is 1.89. The molecule has 2 heteroatoms. The summed E-state index contributed by atoms with van der Waals surface area (Å²) in [5, 5.41) is 2.15. The van der Waals surface area contributed by atoms with Gasteiger partial charge in [-0.3, -0.25) is 5.32 Å². The molecule has 1 aliphatic heterocycles. The monoisotopic (exact) mass is 147 g/mol. The summed E-state index contributed by atoms with van der Waals surface area (Å²) in [6.07, 6.45) is 1.02. The van der Waals surface area contributed by atoms with Gasteiger partial charge < -0.3 is 0 Å². The van der Waals surface area contributed by atoms with E-state index < -0.39 is 0 Å². The van der Waals surface area contributed by atoms with Gasteiger partial charge in [0.05, 0.1) is 0 Å². The minimum Gasteiger partial charge on any atom is -0.267 e. The lowest BCUT2D eigenvalue weighted by molar-refractivity contribution is -0.441. The van der Waals surface area contributed by atoms with Crippen molar-refractivity contribution in [3.05, 3.63) is 24.3 Å². The van der Waals surface area contributed by atoms with Gasteiger partial charge in [-0.15, -0.1) is 0 Å². The molecule has 0 saturated heterocycles. The number of benzene rings is 1. The zero-order valence-electron chi connectivity index (χ0n) is 6.54. The fourth-order valence-corrected chi connectivity index (χ4v) is 1.26. The topological polar surface area (TPSA) is 29.0 Å². The van der Waals surface area contributed by atoms with Crippen LogP contribution >= 0.6 is 0 Å². The number of fused-ring (bicyclic) bond motifs is 1. The molecule has 0 spiro atoms. The molecule has 1 aromatic rings. The first kappa shape index (κ1) is 6.55. The van der Waals surface area contributed by atoms with E-state index in [1.165, 1.54) is 11.5 Å². The van der Waals surface area contributed by atoms with Crippen molar-refractivity contribution in [3.8, 4) is 0 Å². The van der Waals surface area contributed by atoms with Gasteiger partial charge in [0.15, 0.2) is 5.69 Å². The average molecular weight is 147 g/mol. The molecule has 0 atom stereocenters. The van der Waals surface area contributed by atoms with Gasteiger partial charge in [-0.25, -0.2) is 0 Å². The van der Waals surface area contributed by atoms with Crippen LogP contribution in [0.3, 0.4) is 0 Å². The van der Waals surface area contributed by atoms with Crippen LogP contribution in [0.25, 0.3) is 0 Å². The summed E-state index contributed by atoms with van der Waals surface area (Å²) in [6, 6.07) is 8.22. The molecule has 0 radical (unpaired) electrons. The number of nitrogens with two attached hydrogens (primary N) is 1. The zero-order valence-corrected chi connectivity index (χ0v) is 6.54. The lowest BCUT2D eigenvalue weighted by atomic mass is 10.3. The van der Waals surface area contributed by atoms with Crippen molar-refractivity contribution in [2.45, 2.75) is 13.3 Å². The normalized spacial score (nSPS) is 14.5. The minimum atomic E-state index is 1.02. The van der Waals surface area contributed by atoms with Crippen LogP contribution in [0.2, 0.25) is 0 Å². The molecule has 0 aliphatic carbocycles. The molecule has 0 saturated carbocycles. The number of amidine groups is 1. The van der Waals surface area contributed by atoms with E-state index in [2.05, 4.69) is 29.4 Å². The summed E-state index contributed by atoms with van der Waals surface area (Å²) in [6.45, 7) is 2.13. The summed E-state index contributed by atoms with van der Waals surface area (Å²) in [4.78, 5) is 4.43. The highest BCUT2D eigenvalue weighted by atomic mass is 15.1. The van der Waals surface area contributed by atoms with Gasteiger partial charge in [-0.1, -0.05) is 19.1 Å². The van der Waals surface area contributed by atoms with Crippen LogP contribution in [0, 0.1) is 0 Å². The molecule has 0 unspecified atom stereocenters. The number of nitrogens with zero attached hydrogens (tertiary/aromatic N) is 1. The Morgan fingerprint density at radius 1 is 1.36 bits per heavy atom. The molecule has 0 fully saturated rings. The Bertz CT molecular complexity index is 302. The van der Waals surface area contributed by atoms with E-state index in [1.807, 2.05) is 12.1 Å². The Morgan fingerprint density at radius 2 is 2.18 bits per heavy atom. The van der Waals surface area contributed by atoms with Crippen LogP contribution in [0.15, 0.2) is 29.3 Å². The lowest BCUT2D eigenvalue weighted by Gasteiger charge is -1.90. The van der Waals surface area contributed by atoms with Crippen LogP contribution in [0.4, 0.5) is 11.4 Å². The number of hydrogen-bond acceptors (Lipinski definition) is 1. The first-order valence-electron chi connectivity index (χ1n) is 3.91. The molecule has 0 bridgehead atoms. The molecule has 2 nitrogen and oxygen atoms in total. The van der Waals surface area contributed by atoms with Crippen LogP contribution in [-0.2, 0) is 0 Å². The van der Waals surface area contributed by atoms with Crippen LogP contribution in [-0.4, -0.2) is 5.84 Å². The van der Waals surface area contributed by atoms with E-state index in [-0.39, 0.29) is 0 Å². The van der Waals surface area contributed by atoms with E-state index in [9.17, 15) is 0 Å². The Kier molecular flexibility index (Phi) is 1.47. The molecule has 0 aromatic heterocycles. The minimum absolute atomic E-state index is 1.02. The van der Waals surface area contributed by atoms with Crippen molar-refractivity contribution in [3.63, 3.8) is 0 Å². The number of quaternary nitrogens is 1. The number of hydrogen-bond donors (Lipinski definition) is 1. The largest absolute Gasteiger partial charge is 0.267 e. The van der Waals surface area contributed by atoms with Crippen molar-refractivity contribution in [2.75, 3.05) is 0 Å². The van der Waals surface area contributed by atoms with Gasteiger partial charge in [-0.05, 0) is 6.07 Å². The van der Waals surface area contributed by atoms with Crippen LogP contribution < -0.4 is 5.32 Å². The van der Waals surface area contributed by atoms with Crippen molar-refractivity contribution < 1.29 is 5.32 Å². The molecular weight excluding hydrogens is 136 g/mol. The summed E-state index contributed by atoms with van der Waals surface area (Å²) in [5.41, 5.74) is 2.37. The fourth-order valence-electron chi connectivity index (χ4n) is 1.26. The summed E-state index contributed by atoms with van der Waals surface area (Å²) >= 11 is 0. The van der Waals surface area contributed by atoms with E-state index in [1.54, 1.807) is 0 Å². The molecule has 2 N–H and O–H groups in total. The zero-order chi connectivity index (χ0) is 7.68. The van der Waals surface area contributed by atoms with Crippen molar-refractivity contribution in [1.82, 2.24) is 0 Å². The molecule has 1 heterocycles. The van der Waals surface area contributed by atoms with E-state index in [0.29, 0.717) is 0 Å². The second kappa shape index (κ2) is 2.47.